The van der Waals surface area contributed by atoms with E-state index in [-0.39, 0.29) is 0 Å². The summed E-state index contributed by atoms with van der Waals surface area (Å²) in [6.07, 6.45) is 0. The van der Waals surface area contributed by atoms with Crippen LogP contribution in [-0.4, -0.2) is 26.3 Å². The van der Waals surface area contributed by atoms with Gasteiger partial charge in [0, 0.05) is 36.6 Å². The Morgan fingerprint density at radius 2 is 1.75 bits per heavy atom. The first-order chi connectivity index (χ1) is 11.9. The molecule has 4 rings (SSSR count). The Labute approximate surface area is 146 Å². The predicted octanol–water partition coefficient (Wildman–Crippen LogP) is 4.03. The lowest BCUT2D eigenvalue weighted by molar-refractivity contribution is 0.122. The van der Waals surface area contributed by atoms with Crippen LogP contribution in [0.4, 0.5) is 5.69 Å². The van der Waals surface area contributed by atoms with Crippen LogP contribution in [0.15, 0.2) is 53.9 Å². The molecule has 1 aromatic heterocycles. The Morgan fingerprint density at radius 3 is 2.58 bits per heavy atom. The minimum atomic E-state index is 0.831. The molecule has 0 spiro atoms. The van der Waals surface area contributed by atoms with Crippen molar-refractivity contribution in [3.63, 3.8) is 0 Å². The van der Waals surface area contributed by atoms with Gasteiger partial charge in [-0.05, 0) is 40.1 Å². The number of morpholine rings is 1. The van der Waals surface area contributed by atoms with Crippen LogP contribution in [0.2, 0.25) is 0 Å². The van der Waals surface area contributed by atoms with E-state index < -0.39 is 0 Å². The summed E-state index contributed by atoms with van der Waals surface area (Å²) in [6.45, 7) is 5.45. The van der Waals surface area contributed by atoms with Gasteiger partial charge in [0.05, 0.1) is 13.2 Å². The van der Waals surface area contributed by atoms with Crippen LogP contribution in [0.1, 0.15) is 11.1 Å². The molecule has 0 bridgehead atoms. The van der Waals surface area contributed by atoms with Gasteiger partial charge in [0.1, 0.15) is 0 Å². The van der Waals surface area contributed by atoms with Crippen molar-refractivity contribution in [3.05, 3.63) is 65.0 Å². The standard InChI is InChI=1S/C20H22N2OS/c1-2-4-20-19(3-1)17(15-24-20)14-21-13-16-5-7-18(8-6-16)22-9-11-23-12-10-22/h1-8,15,21H,9-14H2. The monoisotopic (exact) mass is 338 g/mol. The number of hydrogen-bond acceptors (Lipinski definition) is 4. The third kappa shape index (κ3) is 3.46. The van der Waals surface area contributed by atoms with Gasteiger partial charge in [0.15, 0.2) is 0 Å². The largest absolute Gasteiger partial charge is 0.378 e. The maximum absolute atomic E-state index is 5.41. The fourth-order valence-corrected chi connectivity index (χ4v) is 4.12. The van der Waals surface area contributed by atoms with Gasteiger partial charge in [-0.2, -0.15) is 0 Å². The zero-order chi connectivity index (χ0) is 16.2. The summed E-state index contributed by atoms with van der Waals surface area (Å²) in [5.41, 5.74) is 4.01. The Balaban J connectivity index is 1.34. The Morgan fingerprint density at radius 1 is 0.958 bits per heavy atom. The average Bonchev–Trinajstić information content (AvgIpc) is 3.06. The molecular weight excluding hydrogens is 316 g/mol. The Hall–Kier alpha value is -1.88. The van der Waals surface area contributed by atoms with Crippen molar-refractivity contribution < 1.29 is 4.74 Å². The second-order valence-corrected chi connectivity index (χ2v) is 7.04. The number of nitrogens with zero attached hydrogens (tertiary/aromatic N) is 1. The second-order valence-electron chi connectivity index (χ2n) is 6.13. The molecule has 0 amide bonds. The number of nitrogens with one attached hydrogen (secondary N) is 1. The number of benzene rings is 2. The predicted molar refractivity (Wildman–Crippen MR) is 102 cm³/mol. The summed E-state index contributed by atoms with van der Waals surface area (Å²) >= 11 is 1.82. The lowest BCUT2D eigenvalue weighted by Crippen LogP contribution is -2.36. The van der Waals surface area contributed by atoms with Crippen molar-refractivity contribution in [1.29, 1.82) is 0 Å². The normalized spacial score (nSPS) is 15.1. The van der Waals surface area contributed by atoms with Gasteiger partial charge in [0.25, 0.3) is 0 Å². The van der Waals surface area contributed by atoms with E-state index >= 15 is 0 Å². The molecule has 3 nitrogen and oxygen atoms in total. The maximum Gasteiger partial charge on any atom is 0.0642 e. The molecule has 3 aromatic rings. The SMILES string of the molecule is c1ccc2c(CNCc3ccc(N4CCOCC4)cc3)csc2c1. The minimum Gasteiger partial charge on any atom is -0.378 e. The van der Waals surface area contributed by atoms with E-state index in [0.717, 1.165) is 39.4 Å². The summed E-state index contributed by atoms with van der Waals surface area (Å²) in [5, 5.41) is 7.20. The molecule has 24 heavy (non-hydrogen) atoms. The zero-order valence-electron chi connectivity index (χ0n) is 13.7. The molecule has 0 saturated carbocycles. The molecule has 2 aromatic carbocycles. The van der Waals surface area contributed by atoms with Crippen molar-refractivity contribution in [2.45, 2.75) is 13.1 Å². The summed E-state index contributed by atoms with van der Waals surface area (Å²) in [4.78, 5) is 2.39. The molecular formula is C20H22N2OS. The molecule has 1 saturated heterocycles. The van der Waals surface area contributed by atoms with Gasteiger partial charge in [0.2, 0.25) is 0 Å². The van der Waals surface area contributed by atoms with Gasteiger partial charge in [-0.15, -0.1) is 11.3 Å². The van der Waals surface area contributed by atoms with E-state index in [1.54, 1.807) is 0 Å². The molecule has 0 atom stereocenters. The van der Waals surface area contributed by atoms with Gasteiger partial charge < -0.3 is 15.0 Å². The average molecular weight is 338 g/mol. The third-order valence-corrected chi connectivity index (χ3v) is 5.53. The molecule has 0 unspecified atom stereocenters. The molecule has 1 fully saturated rings. The van der Waals surface area contributed by atoms with Crippen LogP contribution in [0.5, 0.6) is 0 Å². The fourth-order valence-electron chi connectivity index (χ4n) is 3.16. The molecule has 2 heterocycles. The molecule has 124 valence electrons. The first kappa shape index (κ1) is 15.6. The van der Waals surface area contributed by atoms with E-state index in [1.165, 1.54) is 26.9 Å². The molecule has 1 aliphatic heterocycles. The molecule has 0 aliphatic carbocycles. The topological polar surface area (TPSA) is 24.5 Å². The van der Waals surface area contributed by atoms with E-state index in [2.05, 4.69) is 64.1 Å². The molecule has 0 radical (unpaired) electrons. The first-order valence-electron chi connectivity index (χ1n) is 8.47. The van der Waals surface area contributed by atoms with Crippen molar-refractivity contribution in [3.8, 4) is 0 Å². The highest BCUT2D eigenvalue weighted by Gasteiger charge is 2.10. The van der Waals surface area contributed by atoms with Crippen molar-refractivity contribution >= 4 is 27.1 Å². The van der Waals surface area contributed by atoms with Crippen molar-refractivity contribution in [1.82, 2.24) is 5.32 Å². The number of ether oxygens (including phenoxy) is 1. The van der Waals surface area contributed by atoms with Crippen LogP contribution < -0.4 is 10.2 Å². The lowest BCUT2D eigenvalue weighted by Gasteiger charge is -2.28. The second kappa shape index (κ2) is 7.34. The summed E-state index contributed by atoms with van der Waals surface area (Å²) in [6, 6.07) is 17.5. The van der Waals surface area contributed by atoms with Crippen LogP contribution in [-0.2, 0) is 17.8 Å². The van der Waals surface area contributed by atoms with Crippen molar-refractivity contribution in [2.24, 2.45) is 0 Å². The van der Waals surface area contributed by atoms with Gasteiger partial charge >= 0.3 is 0 Å². The minimum absolute atomic E-state index is 0.831. The summed E-state index contributed by atoms with van der Waals surface area (Å²) < 4.78 is 6.78. The highest BCUT2D eigenvalue weighted by atomic mass is 32.1. The lowest BCUT2D eigenvalue weighted by atomic mass is 10.1. The molecule has 4 heteroatoms. The van der Waals surface area contributed by atoms with Crippen LogP contribution in [0.25, 0.3) is 10.1 Å². The summed E-state index contributed by atoms with van der Waals surface area (Å²) in [7, 11) is 0. The number of hydrogen-bond donors (Lipinski definition) is 1. The third-order valence-electron chi connectivity index (χ3n) is 4.52. The smallest absolute Gasteiger partial charge is 0.0642 e. The van der Waals surface area contributed by atoms with E-state index in [1.807, 2.05) is 11.3 Å². The van der Waals surface area contributed by atoms with Gasteiger partial charge in [-0.3, -0.25) is 0 Å². The van der Waals surface area contributed by atoms with E-state index in [4.69, 9.17) is 4.74 Å². The van der Waals surface area contributed by atoms with E-state index in [9.17, 15) is 0 Å². The Bertz CT molecular complexity index is 791. The van der Waals surface area contributed by atoms with Crippen LogP contribution >= 0.6 is 11.3 Å². The molecule has 1 N–H and O–H groups in total. The highest BCUT2D eigenvalue weighted by molar-refractivity contribution is 7.17. The number of thiophene rings is 1. The number of anilines is 1. The van der Waals surface area contributed by atoms with Crippen molar-refractivity contribution in [2.75, 3.05) is 31.2 Å². The first-order valence-corrected chi connectivity index (χ1v) is 9.35. The fraction of sp³-hybridized carbons (Fsp3) is 0.300. The maximum atomic E-state index is 5.41. The van der Waals surface area contributed by atoms with Crippen LogP contribution in [0.3, 0.4) is 0 Å². The van der Waals surface area contributed by atoms with Gasteiger partial charge in [-0.25, -0.2) is 0 Å². The van der Waals surface area contributed by atoms with Gasteiger partial charge in [-0.1, -0.05) is 30.3 Å². The Kier molecular flexibility index (Phi) is 4.78. The summed E-state index contributed by atoms with van der Waals surface area (Å²) in [5.74, 6) is 0. The highest BCUT2D eigenvalue weighted by Crippen LogP contribution is 2.25. The molecule has 1 aliphatic rings. The number of fused-ring (bicyclic) bond motifs is 1. The quantitative estimate of drug-likeness (QED) is 0.760. The number of rotatable bonds is 5. The van der Waals surface area contributed by atoms with Crippen LogP contribution in [0, 0.1) is 0 Å². The zero-order valence-corrected chi connectivity index (χ0v) is 14.5. The van der Waals surface area contributed by atoms with E-state index in [0.29, 0.717) is 0 Å².